The maximum absolute atomic E-state index is 13.4. The molecule has 0 fully saturated rings. The van der Waals surface area contributed by atoms with Crippen LogP contribution in [-0.2, 0) is 17.4 Å². The first-order valence-electron chi connectivity index (χ1n) is 14.4. The van der Waals surface area contributed by atoms with Crippen molar-refractivity contribution in [3.63, 3.8) is 0 Å². The Morgan fingerprint density at radius 1 is 1.00 bits per heavy atom. The highest BCUT2D eigenvalue weighted by Crippen LogP contribution is 2.31. The van der Waals surface area contributed by atoms with Crippen LogP contribution in [-0.4, -0.2) is 71.8 Å². The number of halogens is 3. The van der Waals surface area contributed by atoms with Gasteiger partial charge in [-0.05, 0) is 61.5 Å². The predicted molar refractivity (Wildman–Crippen MR) is 164 cm³/mol. The molecule has 3 aromatic carbocycles. The fourth-order valence-electron chi connectivity index (χ4n) is 4.85. The van der Waals surface area contributed by atoms with Gasteiger partial charge in [0, 0.05) is 42.1 Å². The van der Waals surface area contributed by atoms with Crippen LogP contribution in [0.1, 0.15) is 25.0 Å². The van der Waals surface area contributed by atoms with Gasteiger partial charge in [0.2, 0.25) is 5.91 Å². The summed E-state index contributed by atoms with van der Waals surface area (Å²) >= 11 is 0. The van der Waals surface area contributed by atoms with E-state index in [9.17, 15) is 32.7 Å². The summed E-state index contributed by atoms with van der Waals surface area (Å²) in [5.74, 6) is -0.104. The summed E-state index contributed by atoms with van der Waals surface area (Å²) in [6.45, 7) is 3.85. The van der Waals surface area contributed by atoms with Crippen LogP contribution in [0.4, 0.5) is 39.8 Å². The molecule has 0 saturated heterocycles. The topological polar surface area (TPSA) is 123 Å². The van der Waals surface area contributed by atoms with Crippen LogP contribution in [0.3, 0.4) is 0 Å². The largest absolute Gasteiger partial charge is 0.488 e. The molecule has 0 saturated carbocycles. The van der Waals surface area contributed by atoms with Gasteiger partial charge in [-0.25, -0.2) is 9.59 Å². The van der Waals surface area contributed by atoms with E-state index in [-0.39, 0.29) is 49.7 Å². The number of nitrogens with zero attached hydrogens (tertiary/aromatic N) is 2. The summed E-state index contributed by atoms with van der Waals surface area (Å²) in [4.78, 5) is 42.1. The normalized spacial score (nSPS) is 17.5. The van der Waals surface area contributed by atoms with Crippen LogP contribution in [0.2, 0.25) is 0 Å². The van der Waals surface area contributed by atoms with Crippen LogP contribution in [0.15, 0.2) is 72.8 Å². The fourth-order valence-corrected chi connectivity index (χ4v) is 4.85. The van der Waals surface area contributed by atoms with Crippen molar-refractivity contribution in [2.45, 2.75) is 38.6 Å². The molecule has 1 aliphatic rings. The number of hydrogen-bond donors (Lipinski definition) is 4. The van der Waals surface area contributed by atoms with E-state index in [2.05, 4.69) is 16.0 Å². The molecule has 1 aliphatic heterocycles. The lowest BCUT2D eigenvalue weighted by Crippen LogP contribution is -2.48. The molecule has 13 heteroatoms. The van der Waals surface area contributed by atoms with Crippen molar-refractivity contribution in [1.82, 2.24) is 9.80 Å². The van der Waals surface area contributed by atoms with E-state index in [0.29, 0.717) is 22.7 Å². The van der Waals surface area contributed by atoms with Crippen molar-refractivity contribution in [3.8, 4) is 5.75 Å². The Hall–Kier alpha value is -4.78. The average molecular weight is 628 g/mol. The van der Waals surface area contributed by atoms with Gasteiger partial charge in [0.05, 0.1) is 31.2 Å². The van der Waals surface area contributed by atoms with Crippen molar-refractivity contribution >= 4 is 35.0 Å². The Morgan fingerprint density at radius 3 is 2.27 bits per heavy atom. The number of aliphatic hydroxyl groups excluding tert-OH is 1. The van der Waals surface area contributed by atoms with Crippen molar-refractivity contribution in [1.29, 1.82) is 0 Å². The zero-order valence-corrected chi connectivity index (χ0v) is 25.1. The number of urea groups is 2. The van der Waals surface area contributed by atoms with E-state index in [1.807, 2.05) is 25.1 Å². The number of amides is 5. The third-order valence-corrected chi connectivity index (χ3v) is 7.47. The smallest absolute Gasteiger partial charge is 0.416 e. The zero-order valence-electron chi connectivity index (χ0n) is 25.1. The third-order valence-electron chi connectivity index (χ3n) is 7.47. The molecule has 0 aromatic heterocycles. The number of rotatable bonds is 7. The summed E-state index contributed by atoms with van der Waals surface area (Å²) in [7, 11) is 1.64. The monoisotopic (exact) mass is 627 g/mol. The Labute approximate surface area is 259 Å². The van der Waals surface area contributed by atoms with Gasteiger partial charge in [-0.15, -0.1) is 0 Å². The number of nitrogens with one attached hydrogen (secondary N) is 3. The summed E-state index contributed by atoms with van der Waals surface area (Å²) in [6.07, 6.45) is -5.12. The number of anilines is 3. The molecule has 45 heavy (non-hydrogen) atoms. The van der Waals surface area contributed by atoms with E-state index < -0.39 is 29.9 Å². The van der Waals surface area contributed by atoms with Gasteiger partial charge in [-0.2, -0.15) is 13.2 Å². The van der Waals surface area contributed by atoms with Gasteiger partial charge in [-0.1, -0.05) is 25.1 Å². The van der Waals surface area contributed by atoms with Gasteiger partial charge >= 0.3 is 18.2 Å². The molecule has 240 valence electrons. The van der Waals surface area contributed by atoms with Gasteiger partial charge in [0.1, 0.15) is 11.9 Å². The number of likely N-dealkylation sites (N-methyl/N-ethyl adjacent to an activating group) is 1. The summed E-state index contributed by atoms with van der Waals surface area (Å²) in [5, 5.41) is 17.8. The van der Waals surface area contributed by atoms with Gasteiger partial charge in [-0.3, -0.25) is 4.79 Å². The third kappa shape index (κ3) is 8.88. The molecule has 0 aliphatic carbocycles. The molecule has 0 bridgehead atoms. The van der Waals surface area contributed by atoms with Gasteiger partial charge in [0.25, 0.3) is 0 Å². The molecule has 1 heterocycles. The first-order valence-corrected chi connectivity index (χ1v) is 14.4. The molecular weight excluding hydrogens is 591 g/mol. The molecule has 10 nitrogen and oxygen atoms in total. The van der Waals surface area contributed by atoms with Crippen molar-refractivity contribution in [2.24, 2.45) is 5.92 Å². The number of para-hydroxylation sites is 1. The summed E-state index contributed by atoms with van der Waals surface area (Å²) in [5.41, 5.74) is 0.750. The van der Waals surface area contributed by atoms with Crippen molar-refractivity contribution in [2.75, 3.05) is 42.7 Å². The molecule has 0 unspecified atom stereocenters. The lowest BCUT2D eigenvalue weighted by Gasteiger charge is -2.34. The maximum atomic E-state index is 13.4. The van der Waals surface area contributed by atoms with Crippen LogP contribution < -0.4 is 20.7 Å². The minimum Gasteiger partial charge on any atom is -0.488 e. The number of ether oxygens (including phenoxy) is 1. The lowest BCUT2D eigenvalue weighted by molar-refractivity contribution is -0.137. The number of aliphatic hydroxyl groups is 1. The van der Waals surface area contributed by atoms with E-state index in [1.54, 1.807) is 49.2 Å². The van der Waals surface area contributed by atoms with Crippen molar-refractivity contribution < 1.29 is 37.4 Å². The second-order valence-corrected chi connectivity index (χ2v) is 11.0. The van der Waals surface area contributed by atoms with Crippen LogP contribution in [0.5, 0.6) is 5.75 Å². The average Bonchev–Trinajstić information content (AvgIpc) is 3.04. The molecule has 0 spiro atoms. The maximum Gasteiger partial charge on any atom is 0.416 e. The van der Waals surface area contributed by atoms with E-state index >= 15 is 0 Å². The number of fused-ring (bicyclic) bond motifs is 1. The molecule has 3 aromatic rings. The highest BCUT2D eigenvalue weighted by atomic mass is 19.4. The molecular formula is C32H36F3N5O5. The van der Waals surface area contributed by atoms with E-state index in [0.717, 1.165) is 24.3 Å². The lowest BCUT2D eigenvalue weighted by atomic mass is 10.0. The quantitative estimate of drug-likeness (QED) is 0.269. The molecule has 3 atom stereocenters. The highest BCUT2D eigenvalue weighted by Gasteiger charge is 2.32. The first-order chi connectivity index (χ1) is 21.3. The number of alkyl halides is 3. The van der Waals surface area contributed by atoms with Crippen LogP contribution in [0, 0.1) is 5.92 Å². The Morgan fingerprint density at radius 2 is 1.62 bits per heavy atom. The minimum atomic E-state index is -4.49. The number of hydrogen-bond acceptors (Lipinski definition) is 5. The standard InChI is InChI=1S/C32H36F3N5O5/c1-20-17-40(21(2)19-41)29(42)16-22-15-26(37-30(43)36-25-11-9-23(10-12-25)32(33,34)35)13-14-27(22)45-28(20)18-39(3)31(44)38-24-7-5-4-6-8-24/h4-15,20-21,28,41H,16-19H2,1-3H3,(H,38,44)(H2,36,37,43)/t20-,21-,28-/m1/s1. The fraction of sp³-hybridized carbons (Fsp3) is 0.344. The molecule has 5 amide bonds. The SMILES string of the molecule is C[C@@H]1CN([C@H](C)CO)C(=O)Cc2cc(NC(=O)Nc3ccc(C(F)(F)F)cc3)ccc2O[C@@H]1CN(C)C(=O)Nc1ccccc1. The Kier molecular flexibility index (Phi) is 10.6. The zero-order chi connectivity index (χ0) is 32.7. The molecule has 0 radical (unpaired) electrons. The number of benzene rings is 3. The number of carbonyl (C=O) groups excluding carboxylic acids is 3. The number of carbonyl (C=O) groups is 3. The second kappa shape index (κ2) is 14.3. The second-order valence-electron chi connectivity index (χ2n) is 11.0. The minimum absolute atomic E-state index is 0.0838. The predicted octanol–water partition coefficient (Wildman–Crippen LogP) is 5.66. The summed E-state index contributed by atoms with van der Waals surface area (Å²) in [6, 6.07) is 16.3. The molecule has 4 N–H and O–H groups in total. The van der Waals surface area contributed by atoms with Crippen LogP contribution in [0.25, 0.3) is 0 Å². The Bertz CT molecular complexity index is 1490. The Balaban J connectivity index is 1.53. The van der Waals surface area contributed by atoms with Crippen molar-refractivity contribution in [3.05, 3.63) is 83.9 Å². The highest BCUT2D eigenvalue weighted by molar-refractivity contribution is 6.00. The van der Waals surface area contributed by atoms with Gasteiger partial charge in [0.15, 0.2) is 0 Å². The van der Waals surface area contributed by atoms with E-state index in [1.165, 1.54) is 4.90 Å². The van der Waals surface area contributed by atoms with Crippen LogP contribution >= 0.6 is 0 Å². The molecule has 4 rings (SSSR count). The summed E-state index contributed by atoms with van der Waals surface area (Å²) < 4.78 is 45.0. The first kappa shape index (κ1) is 33.1. The van der Waals surface area contributed by atoms with E-state index in [4.69, 9.17) is 4.74 Å². The van der Waals surface area contributed by atoms with Gasteiger partial charge < -0.3 is 35.6 Å².